The molecule has 9 heteroatoms. The molecule has 3 aliphatic rings. The first-order chi connectivity index (χ1) is 20.8. The number of aliphatic imine (C=N–C) groups is 1. The van der Waals surface area contributed by atoms with Gasteiger partial charge in [-0.2, -0.15) is 8.42 Å². The molecule has 0 bridgehead atoms. The van der Waals surface area contributed by atoms with E-state index in [9.17, 15) is 22.9 Å². The Morgan fingerprint density at radius 2 is 1.69 bits per heavy atom. The molecule has 0 fully saturated rings. The second-order valence-corrected chi connectivity index (χ2v) is 16.4. The van der Waals surface area contributed by atoms with Crippen molar-refractivity contribution in [3.05, 3.63) is 63.7 Å². The van der Waals surface area contributed by atoms with Crippen molar-refractivity contribution in [2.75, 3.05) is 29.1 Å². The van der Waals surface area contributed by atoms with Gasteiger partial charge in [-0.05, 0) is 99.4 Å². The maximum atomic E-state index is 12.1. The van der Waals surface area contributed by atoms with Gasteiger partial charge in [-0.1, -0.05) is 40.2 Å². The lowest BCUT2D eigenvalue weighted by molar-refractivity contribution is -0.137. The first kappa shape index (κ1) is 33.2. The zero-order valence-corrected chi connectivity index (χ0v) is 28.9. The number of carboxylic acids is 1. The minimum atomic E-state index is -4.25. The Morgan fingerprint density at radius 1 is 1.02 bits per heavy atom. The number of carbonyl (C=O) groups is 1. The van der Waals surface area contributed by atoms with Gasteiger partial charge in [0.05, 0.1) is 11.3 Å². The van der Waals surface area contributed by atoms with E-state index in [4.69, 9.17) is 4.99 Å². The molecule has 1 unspecified atom stereocenters. The lowest BCUT2D eigenvalue weighted by atomic mass is 9.65. The van der Waals surface area contributed by atoms with E-state index in [0.29, 0.717) is 31.0 Å². The van der Waals surface area contributed by atoms with E-state index in [1.165, 1.54) is 16.8 Å². The van der Waals surface area contributed by atoms with E-state index in [1.807, 2.05) is 19.9 Å². The van der Waals surface area contributed by atoms with Crippen LogP contribution in [0.5, 0.6) is 0 Å². The Balaban J connectivity index is 1.74. The van der Waals surface area contributed by atoms with Gasteiger partial charge in [0.1, 0.15) is 5.75 Å². The molecule has 2 aromatic carbocycles. The van der Waals surface area contributed by atoms with Crippen LogP contribution in [-0.4, -0.2) is 59.7 Å². The van der Waals surface area contributed by atoms with Gasteiger partial charge in [-0.25, -0.2) is 0 Å². The van der Waals surface area contributed by atoms with E-state index >= 15 is 0 Å². The van der Waals surface area contributed by atoms with Crippen molar-refractivity contribution in [2.24, 2.45) is 4.99 Å². The largest absolute Gasteiger partial charge is 0.481 e. The van der Waals surface area contributed by atoms with E-state index in [-0.39, 0.29) is 12.0 Å². The van der Waals surface area contributed by atoms with Gasteiger partial charge in [-0.3, -0.25) is 14.3 Å². The monoisotopic (exact) mass is 635 g/mol. The number of fused-ring (bicyclic) bond motifs is 4. The predicted molar refractivity (Wildman–Crippen MR) is 184 cm³/mol. The number of nitrogens with zero attached hydrogens (tertiary/aromatic N) is 2. The normalized spacial score (nSPS) is 21.6. The molecule has 1 atom stereocenters. The number of anilines is 2. The van der Waals surface area contributed by atoms with E-state index < -0.39 is 32.8 Å². The fraction of sp³-hybridized carbons (Fsp3) is 0.556. The first-order valence-corrected chi connectivity index (χ1v) is 17.8. The predicted octanol–water partition coefficient (Wildman–Crippen LogP) is 7.40. The molecule has 0 saturated heterocycles. The van der Waals surface area contributed by atoms with Crippen LogP contribution >= 0.6 is 0 Å². The average Bonchev–Trinajstić information content (AvgIpc) is 2.89. The molecule has 0 radical (unpaired) electrons. The number of unbranched alkanes of at least 4 members (excludes halogenated alkanes) is 1. The summed E-state index contributed by atoms with van der Waals surface area (Å²) < 4.78 is 34.0. The minimum absolute atomic E-state index is 0.127. The van der Waals surface area contributed by atoms with Gasteiger partial charge in [0, 0.05) is 58.5 Å². The molecule has 5 rings (SSSR count). The van der Waals surface area contributed by atoms with Gasteiger partial charge in [-0.15, -0.1) is 0 Å². The summed E-state index contributed by atoms with van der Waals surface area (Å²) in [6.45, 7) is 18.7. The molecule has 0 aromatic heterocycles. The number of aliphatic carboxylic acids is 1. The molecule has 244 valence electrons. The van der Waals surface area contributed by atoms with Crippen LogP contribution < -0.4 is 10.2 Å². The van der Waals surface area contributed by atoms with Crippen molar-refractivity contribution < 1.29 is 22.9 Å². The van der Waals surface area contributed by atoms with Crippen molar-refractivity contribution in [1.82, 2.24) is 0 Å². The summed E-state index contributed by atoms with van der Waals surface area (Å²) in [5.41, 5.74) is 8.87. The molecular weight excluding hydrogens is 586 g/mol. The summed E-state index contributed by atoms with van der Waals surface area (Å²) in [4.78, 5) is 19.0. The summed E-state index contributed by atoms with van der Waals surface area (Å²) >= 11 is 0. The minimum Gasteiger partial charge on any atom is -0.481 e. The highest BCUT2D eigenvalue weighted by molar-refractivity contribution is 7.86. The van der Waals surface area contributed by atoms with Crippen LogP contribution in [-0.2, 0) is 20.3 Å². The highest BCUT2D eigenvalue weighted by atomic mass is 32.2. The molecular formula is C36H49N3O5S. The summed E-state index contributed by atoms with van der Waals surface area (Å²) in [5, 5.41) is 12.9. The summed E-state index contributed by atoms with van der Waals surface area (Å²) in [7, 11) is -4.25. The lowest BCUT2D eigenvalue weighted by Crippen LogP contribution is -2.49. The Bertz CT molecular complexity index is 1700. The zero-order chi connectivity index (χ0) is 33.1. The maximum absolute atomic E-state index is 12.1. The van der Waals surface area contributed by atoms with Gasteiger partial charge in [0.2, 0.25) is 0 Å². The fourth-order valence-electron chi connectivity index (χ4n) is 7.76. The third-order valence-corrected chi connectivity index (χ3v) is 10.4. The maximum Gasteiger partial charge on any atom is 0.303 e. The summed E-state index contributed by atoms with van der Waals surface area (Å²) in [6, 6.07) is 8.88. The van der Waals surface area contributed by atoms with Gasteiger partial charge in [0.25, 0.3) is 10.1 Å². The smallest absolute Gasteiger partial charge is 0.303 e. The number of rotatable bonds is 9. The van der Waals surface area contributed by atoms with Crippen LogP contribution in [0.1, 0.15) is 127 Å². The van der Waals surface area contributed by atoms with E-state index in [1.54, 1.807) is 0 Å². The van der Waals surface area contributed by atoms with Gasteiger partial charge in [0.15, 0.2) is 0 Å². The lowest BCUT2D eigenvalue weighted by Gasteiger charge is -2.49. The Hall–Kier alpha value is -3.17. The van der Waals surface area contributed by atoms with Gasteiger partial charge >= 0.3 is 5.97 Å². The highest BCUT2D eigenvalue weighted by Crippen LogP contribution is 2.51. The number of hydrogen-bond donors (Lipinski definition) is 3. The molecule has 0 amide bonds. The molecule has 0 spiro atoms. The summed E-state index contributed by atoms with van der Waals surface area (Å²) in [6.07, 6.45) is 5.54. The van der Waals surface area contributed by atoms with Crippen molar-refractivity contribution in [2.45, 2.75) is 110 Å². The van der Waals surface area contributed by atoms with Crippen LogP contribution in [0.15, 0.2) is 35.3 Å². The van der Waals surface area contributed by atoms with E-state index in [0.717, 1.165) is 52.9 Å². The number of carboxylic acid groups (broad SMARTS) is 1. The highest BCUT2D eigenvalue weighted by Gasteiger charge is 2.42. The molecule has 3 N–H and O–H groups in total. The second kappa shape index (κ2) is 11.6. The molecule has 2 aromatic rings. The topological polar surface area (TPSA) is 119 Å². The molecule has 45 heavy (non-hydrogen) atoms. The fourth-order valence-corrected chi connectivity index (χ4v) is 8.39. The molecule has 8 nitrogen and oxygen atoms in total. The zero-order valence-electron chi connectivity index (χ0n) is 28.0. The number of nitrogens with one attached hydrogen (secondary N) is 1. The number of hydrogen-bond acceptors (Lipinski definition) is 6. The van der Waals surface area contributed by atoms with Crippen molar-refractivity contribution in [1.29, 1.82) is 0 Å². The molecule has 2 heterocycles. The molecule has 1 aliphatic carbocycles. The molecule has 0 saturated carbocycles. The third-order valence-electron chi connectivity index (χ3n) is 9.77. The van der Waals surface area contributed by atoms with Crippen molar-refractivity contribution in [3.63, 3.8) is 0 Å². The first-order valence-electron chi connectivity index (χ1n) is 16.2. The van der Waals surface area contributed by atoms with Crippen LogP contribution in [0.25, 0.3) is 5.57 Å². The average molecular weight is 636 g/mol. The summed E-state index contributed by atoms with van der Waals surface area (Å²) in [5.74, 6) is -0.925. The SMILES string of the molecule is CCCCN=C1c2cc3c(cc2C(C)(C)c2cc4c(cc21)C(C)CC(C)(C)N4CCCC(=O)O)NC(C)(C)C=C3CS(=O)(=O)O. The molecule has 2 aliphatic heterocycles. The van der Waals surface area contributed by atoms with Crippen LogP contribution in [0.2, 0.25) is 0 Å². The van der Waals surface area contributed by atoms with E-state index in [2.05, 4.69) is 76.0 Å². The Labute approximate surface area is 268 Å². The van der Waals surface area contributed by atoms with Crippen molar-refractivity contribution >= 4 is 38.7 Å². The standard InChI is InChI=1S/C36H49N3O5S/c1-9-10-13-37-33-26-15-24-22(2)19-35(5,6)39(14-11-12-32(40)41)31(24)18-29(26)36(7,8)28-17-30-25(16-27(28)33)23(21-45(42,43)44)20-34(3,4)38-30/h15-18,20,22,38H,9-14,19,21H2,1-8H3,(H,40,41)(H,42,43,44). The quantitative estimate of drug-likeness (QED) is 0.194. The number of benzene rings is 2. The Morgan fingerprint density at radius 3 is 2.33 bits per heavy atom. The third kappa shape index (κ3) is 6.43. The van der Waals surface area contributed by atoms with Crippen LogP contribution in [0.3, 0.4) is 0 Å². The van der Waals surface area contributed by atoms with Crippen LogP contribution in [0.4, 0.5) is 11.4 Å². The second-order valence-electron chi connectivity index (χ2n) is 14.9. The van der Waals surface area contributed by atoms with Gasteiger partial charge < -0.3 is 15.3 Å². The van der Waals surface area contributed by atoms with Crippen LogP contribution in [0, 0.1) is 0 Å². The van der Waals surface area contributed by atoms with Crippen molar-refractivity contribution in [3.8, 4) is 0 Å². The Kier molecular flexibility index (Phi) is 8.53.